The fourth-order valence-corrected chi connectivity index (χ4v) is 4.27. The summed E-state index contributed by atoms with van der Waals surface area (Å²) in [5, 5.41) is 4.00. The molecule has 0 aromatic heterocycles. The molecule has 0 spiro atoms. The molecule has 2 aromatic carbocycles. The van der Waals surface area contributed by atoms with E-state index in [1.807, 2.05) is 63.2 Å². The molecule has 31 heavy (non-hydrogen) atoms. The minimum absolute atomic E-state index is 0.0551. The molecule has 0 aliphatic carbocycles. The van der Waals surface area contributed by atoms with Crippen LogP contribution >= 0.6 is 35.0 Å². The number of carbonyl (C=O) groups excluding carboxylic acids is 2. The first-order valence-corrected chi connectivity index (χ1v) is 12.4. The lowest BCUT2D eigenvalue weighted by atomic mass is 10.1. The van der Waals surface area contributed by atoms with Crippen LogP contribution in [-0.4, -0.2) is 35.1 Å². The van der Waals surface area contributed by atoms with Crippen molar-refractivity contribution in [3.63, 3.8) is 0 Å². The second-order valence-corrected chi connectivity index (χ2v) is 9.61. The highest BCUT2D eigenvalue weighted by Crippen LogP contribution is 2.25. The fraction of sp³-hybridized carbons (Fsp3) is 0.417. The molecule has 2 rings (SSSR count). The van der Waals surface area contributed by atoms with Crippen LogP contribution in [0.5, 0.6) is 0 Å². The Morgan fingerprint density at radius 3 is 2.35 bits per heavy atom. The second-order valence-electron chi connectivity index (χ2n) is 7.81. The van der Waals surface area contributed by atoms with Crippen LogP contribution in [0.2, 0.25) is 10.0 Å². The van der Waals surface area contributed by atoms with Gasteiger partial charge in [-0.1, -0.05) is 80.4 Å². The van der Waals surface area contributed by atoms with E-state index in [4.69, 9.17) is 23.2 Å². The first-order chi connectivity index (χ1) is 14.8. The highest BCUT2D eigenvalue weighted by Gasteiger charge is 2.28. The molecule has 0 saturated heterocycles. The Hall–Kier alpha value is -1.69. The molecule has 2 aromatic rings. The number of amides is 2. The molecule has 0 heterocycles. The summed E-state index contributed by atoms with van der Waals surface area (Å²) in [5.74, 6) is 1.11. The van der Waals surface area contributed by atoms with E-state index in [0.717, 1.165) is 11.1 Å². The molecule has 0 saturated carbocycles. The molecule has 7 heteroatoms. The number of nitrogens with zero attached hydrogens (tertiary/aromatic N) is 1. The summed E-state index contributed by atoms with van der Waals surface area (Å²) < 4.78 is 0. The predicted molar refractivity (Wildman–Crippen MR) is 132 cm³/mol. The number of carbonyl (C=O) groups is 2. The Morgan fingerprint density at radius 2 is 1.74 bits per heavy atom. The summed E-state index contributed by atoms with van der Waals surface area (Å²) in [6.45, 7) is 7.03. The van der Waals surface area contributed by atoms with Crippen molar-refractivity contribution in [2.75, 3.05) is 12.3 Å². The molecule has 1 N–H and O–H groups in total. The van der Waals surface area contributed by atoms with Crippen LogP contribution in [0.1, 0.15) is 38.3 Å². The molecule has 168 valence electrons. The van der Waals surface area contributed by atoms with Gasteiger partial charge in [0.1, 0.15) is 6.04 Å². The van der Waals surface area contributed by atoms with Crippen molar-refractivity contribution in [3.8, 4) is 0 Å². The summed E-state index contributed by atoms with van der Waals surface area (Å²) in [4.78, 5) is 27.7. The van der Waals surface area contributed by atoms with Gasteiger partial charge in [0, 0.05) is 18.8 Å². The number of nitrogens with one attached hydrogen (secondary N) is 1. The van der Waals surface area contributed by atoms with Crippen LogP contribution in [0, 0.1) is 5.92 Å². The van der Waals surface area contributed by atoms with Gasteiger partial charge >= 0.3 is 0 Å². The van der Waals surface area contributed by atoms with Crippen molar-refractivity contribution in [2.24, 2.45) is 5.92 Å². The van der Waals surface area contributed by atoms with E-state index in [9.17, 15) is 9.59 Å². The maximum atomic E-state index is 13.2. The van der Waals surface area contributed by atoms with Crippen molar-refractivity contribution in [3.05, 3.63) is 69.7 Å². The Labute approximate surface area is 199 Å². The summed E-state index contributed by atoms with van der Waals surface area (Å²) in [6, 6.07) is 14.7. The number of benzene rings is 2. The number of halogens is 2. The number of hydrogen-bond acceptors (Lipinski definition) is 3. The molecule has 1 atom stereocenters. The third kappa shape index (κ3) is 8.40. The average Bonchev–Trinajstić information content (AvgIpc) is 2.75. The summed E-state index contributed by atoms with van der Waals surface area (Å²) in [7, 11) is 0. The van der Waals surface area contributed by atoms with Crippen molar-refractivity contribution in [1.82, 2.24) is 10.2 Å². The molecule has 0 aliphatic heterocycles. The summed E-state index contributed by atoms with van der Waals surface area (Å²) in [5.41, 5.74) is 2.00. The van der Waals surface area contributed by atoms with Gasteiger partial charge in [0.25, 0.3) is 0 Å². The summed E-state index contributed by atoms with van der Waals surface area (Å²) in [6.07, 6.45) is 0.556. The van der Waals surface area contributed by atoms with Crippen LogP contribution in [0.25, 0.3) is 0 Å². The van der Waals surface area contributed by atoms with Crippen LogP contribution in [0.3, 0.4) is 0 Å². The zero-order valence-corrected chi connectivity index (χ0v) is 20.6. The van der Waals surface area contributed by atoms with E-state index in [-0.39, 0.29) is 17.6 Å². The van der Waals surface area contributed by atoms with E-state index in [0.29, 0.717) is 41.2 Å². The third-order valence-corrected chi connectivity index (χ3v) is 6.47. The van der Waals surface area contributed by atoms with Crippen molar-refractivity contribution >= 4 is 46.8 Å². The maximum Gasteiger partial charge on any atom is 0.242 e. The van der Waals surface area contributed by atoms with Gasteiger partial charge in [-0.25, -0.2) is 0 Å². The molecule has 4 nitrogen and oxygen atoms in total. The monoisotopic (exact) mass is 480 g/mol. The number of rotatable bonds is 11. The Bertz CT molecular complexity index is 862. The van der Waals surface area contributed by atoms with Crippen LogP contribution in [0.15, 0.2) is 48.5 Å². The van der Waals surface area contributed by atoms with Crippen LogP contribution in [-0.2, 0) is 21.9 Å². The largest absolute Gasteiger partial charge is 0.354 e. The van der Waals surface area contributed by atoms with E-state index in [1.165, 1.54) is 11.8 Å². The first kappa shape index (κ1) is 25.6. The molecule has 2 amide bonds. The van der Waals surface area contributed by atoms with Crippen molar-refractivity contribution < 1.29 is 9.59 Å². The van der Waals surface area contributed by atoms with E-state index in [2.05, 4.69) is 5.32 Å². The predicted octanol–water partition coefficient (Wildman–Crippen LogP) is 5.81. The Balaban J connectivity index is 2.09. The van der Waals surface area contributed by atoms with E-state index >= 15 is 0 Å². The van der Waals surface area contributed by atoms with Gasteiger partial charge in [0.15, 0.2) is 0 Å². The van der Waals surface area contributed by atoms with Gasteiger partial charge in [0.2, 0.25) is 11.8 Å². The zero-order chi connectivity index (χ0) is 22.8. The molecular weight excluding hydrogens is 451 g/mol. The number of thioether (sulfide) groups is 1. The quantitative estimate of drug-likeness (QED) is 0.441. The zero-order valence-electron chi connectivity index (χ0n) is 18.2. The average molecular weight is 481 g/mol. The third-order valence-electron chi connectivity index (χ3n) is 4.74. The lowest BCUT2D eigenvalue weighted by Crippen LogP contribution is -2.50. The van der Waals surface area contributed by atoms with Crippen LogP contribution < -0.4 is 5.32 Å². The first-order valence-electron chi connectivity index (χ1n) is 10.4. The number of hydrogen-bond donors (Lipinski definition) is 1. The smallest absolute Gasteiger partial charge is 0.242 e. The van der Waals surface area contributed by atoms with E-state index < -0.39 is 6.04 Å². The summed E-state index contributed by atoms with van der Waals surface area (Å²) >= 11 is 13.6. The highest BCUT2D eigenvalue weighted by molar-refractivity contribution is 7.99. The SMILES string of the molecule is CCC(C(=O)NCC(C)C)N(Cc1ccccc1)C(=O)CSCc1ccc(Cl)c(Cl)c1. The highest BCUT2D eigenvalue weighted by atomic mass is 35.5. The molecule has 0 bridgehead atoms. The molecule has 0 fully saturated rings. The normalized spacial score (nSPS) is 11.9. The lowest BCUT2D eigenvalue weighted by Gasteiger charge is -2.31. The standard InChI is InChI=1S/C24H30Cl2N2O2S/c1-4-22(24(30)27-13-17(2)3)28(14-18-8-6-5-7-9-18)23(29)16-31-15-19-10-11-20(25)21(26)12-19/h5-12,17,22H,4,13-16H2,1-3H3,(H,27,30). The van der Waals surface area contributed by atoms with Crippen molar-refractivity contribution in [2.45, 2.75) is 45.5 Å². The molecule has 0 aliphatic rings. The Kier molecular flexibility index (Phi) is 10.7. The molecule has 1 unspecified atom stereocenters. The van der Waals surface area contributed by atoms with Crippen molar-refractivity contribution in [1.29, 1.82) is 0 Å². The van der Waals surface area contributed by atoms with E-state index in [1.54, 1.807) is 11.0 Å². The fourth-order valence-electron chi connectivity index (χ4n) is 3.09. The van der Waals surface area contributed by atoms with Gasteiger partial charge in [-0.2, -0.15) is 0 Å². The lowest BCUT2D eigenvalue weighted by molar-refractivity contribution is -0.139. The maximum absolute atomic E-state index is 13.2. The minimum Gasteiger partial charge on any atom is -0.354 e. The molecular formula is C24H30Cl2N2O2S. The molecule has 0 radical (unpaired) electrons. The van der Waals surface area contributed by atoms with Gasteiger partial charge in [-0.05, 0) is 35.6 Å². The van der Waals surface area contributed by atoms with Crippen LogP contribution in [0.4, 0.5) is 0 Å². The Morgan fingerprint density at radius 1 is 1.03 bits per heavy atom. The van der Waals surface area contributed by atoms with Gasteiger partial charge in [0.05, 0.1) is 15.8 Å². The van der Waals surface area contributed by atoms with Gasteiger partial charge in [-0.15, -0.1) is 11.8 Å². The van der Waals surface area contributed by atoms with Gasteiger partial charge < -0.3 is 10.2 Å². The minimum atomic E-state index is -0.503. The topological polar surface area (TPSA) is 49.4 Å². The second kappa shape index (κ2) is 13.0. The van der Waals surface area contributed by atoms with Gasteiger partial charge in [-0.3, -0.25) is 9.59 Å².